The number of nitrogens with one attached hydrogen (secondary N) is 1. The fourth-order valence-corrected chi connectivity index (χ4v) is 3.03. The lowest BCUT2D eigenvalue weighted by molar-refractivity contribution is -0.117. The summed E-state index contributed by atoms with van der Waals surface area (Å²) in [5.74, 6) is -0.338. The molecule has 1 amide bonds. The first-order valence-corrected chi connectivity index (χ1v) is 8.49. The van der Waals surface area contributed by atoms with Crippen LogP contribution in [-0.4, -0.2) is 29.9 Å². The molecule has 0 saturated carbocycles. The maximum absolute atomic E-state index is 12.5. The molecular formula is C19H18N6O2. The normalized spacial score (nSPS) is 11.0. The highest BCUT2D eigenvalue weighted by Gasteiger charge is 2.14. The van der Waals surface area contributed by atoms with Crippen LogP contribution in [0.1, 0.15) is 11.4 Å². The van der Waals surface area contributed by atoms with Gasteiger partial charge in [0.2, 0.25) is 5.91 Å². The highest BCUT2D eigenvalue weighted by atomic mass is 16.2. The minimum absolute atomic E-state index is 0.175. The summed E-state index contributed by atoms with van der Waals surface area (Å²) in [6.45, 7) is 3.70. The van der Waals surface area contributed by atoms with Crippen molar-refractivity contribution in [1.29, 1.82) is 0 Å². The average molecular weight is 362 g/mol. The molecule has 4 rings (SSSR count). The van der Waals surface area contributed by atoms with Gasteiger partial charge in [-0.05, 0) is 44.2 Å². The number of para-hydroxylation sites is 2. The Morgan fingerprint density at radius 2 is 1.85 bits per heavy atom. The third kappa shape index (κ3) is 3.12. The molecular weight excluding hydrogens is 344 g/mol. The van der Waals surface area contributed by atoms with E-state index < -0.39 is 0 Å². The van der Waals surface area contributed by atoms with Crippen LogP contribution in [0.3, 0.4) is 0 Å². The van der Waals surface area contributed by atoms with E-state index in [1.54, 1.807) is 35.1 Å². The van der Waals surface area contributed by atoms with Crippen LogP contribution in [0.2, 0.25) is 0 Å². The maximum Gasteiger partial charge on any atom is 0.350 e. The van der Waals surface area contributed by atoms with Gasteiger partial charge in [-0.3, -0.25) is 9.20 Å². The van der Waals surface area contributed by atoms with Crippen molar-refractivity contribution < 1.29 is 4.79 Å². The fraction of sp³-hybridized carbons (Fsp3) is 0.158. The highest BCUT2D eigenvalue weighted by molar-refractivity contribution is 5.92. The summed E-state index contributed by atoms with van der Waals surface area (Å²) in [6, 6.07) is 14.6. The number of benzene rings is 1. The molecule has 0 aliphatic rings. The molecule has 27 heavy (non-hydrogen) atoms. The quantitative estimate of drug-likeness (QED) is 0.601. The standard InChI is InChI=1S/C19H18N6O2/c1-13-11-14(2)25(21-13)16-8-4-3-7-15(16)20-18(26)12-24-19(27)23-10-6-5-9-17(23)22-24/h3-11H,12H2,1-2H3,(H,20,26). The summed E-state index contributed by atoms with van der Waals surface area (Å²) >= 11 is 0. The predicted molar refractivity (Wildman–Crippen MR) is 101 cm³/mol. The van der Waals surface area contributed by atoms with Crippen LogP contribution in [0.5, 0.6) is 0 Å². The number of aromatic nitrogens is 5. The SMILES string of the molecule is Cc1cc(C)n(-c2ccccc2NC(=O)Cn2nc3ccccn3c2=O)n1. The van der Waals surface area contributed by atoms with Crippen molar-refractivity contribution >= 4 is 17.2 Å². The summed E-state index contributed by atoms with van der Waals surface area (Å²) in [6.07, 6.45) is 1.62. The Kier molecular flexibility index (Phi) is 4.08. The number of hydrogen-bond acceptors (Lipinski definition) is 4. The third-order valence-corrected chi connectivity index (χ3v) is 4.20. The summed E-state index contributed by atoms with van der Waals surface area (Å²) in [4.78, 5) is 24.9. The molecule has 0 saturated heterocycles. The Morgan fingerprint density at radius 3 is 2.59 bits per heavy atom. The average Bonchev–Trinajstić information content (AvgIpc) is 3.14. The van der Waals surface area contributed by atoms with E-state index in [0.717, 1.165) is 21.8 Å². The molecule has 1 N–H and O–H groups in total. The van der Waals surface area contributed by atoms with Crippen molar-refractivity contribution in [3.05, 3.63) is 76.6 Å². The first-order chi connectivity index (χ1) is 13.0. The molecule has 3 aromatic heterocycles. The van der Waals surface area contributed by atoms with Gasteiger partial charge in [-0.2, -0.15) is 5.10 Å². The summed E-state index contributed by atoms with van der Waals surface area (Å²) < 4.78 is 4.33. The van der Waals surface area contributed by atoms with Crippen molar-refractivity contribution in [2.45, 2.75) is 20.4 Å². The number of rotatable bonds is 4. The minimum Gasteiger partial charge on any atom is -0.323 e. The van der Waals surface area contributed by atoms with Crippen molar-refractivity contribution in [2.24, 2.45) is 0 Å². The van der Waals surface area contributed by atoms with Crippen molar-refractivity contribution in [3.8, 4) is 5.69 Å². The number of carbonyl (C=O) groups is 1. The fourth-order valence-electron chi connectivity index (χ4n) is 3.03. The van der Waals surface area contributed by atoms with Crippen LogP contribution in [0.15, 0.2) is 59.5 Å². The molecule has 8 heteroatoms. The summed E-state index contributed by atoms with van der Waals surface area (Å²) in [5, 5.41) is 11.5. The molecule has 1 aromatic carbocycles. The molecule has 3 heterocycles. The van der Waals surface area contributed by atoms with Crippen LogP contribution < -0.4 is 11.0 Å². The Balaban J connectivity index is 1.61. The van der Waals surface area contributed by atoms with Crippen LogP contribution in [-0.2, 0) is 11.3 Å². The lowest BCUT2D eigenvalue weighted by Gasteiger charge is -2.12. The number of anilines is 1. The molecule has 8 nitrogen and oxygen atoms in total. The van der Waals surface area contributed by atoms with Gasteiger partial charge in [-0.1, -0.05) is 18.2 Å². The molecule has 0 aliphatic heterocycles. The molecule has 0 spiro atoms. The van der Waals surface area contributed by atoms with Gasteiger partial charge >= 0.3 is 5.69 Å². The second-order valence-electron chi connectivity index (χ2n) is 6.27. The van der Waals surface area contributed by atoms with Gasteiger partial charge in [0.05, 0.1) is 17.1 Å². The van der Waals surface area contributed by atoms with Crippen LogP contribution in [0.25, 0.3) is 11.3 Å². The molecule has 136 valence electrons. The molecule has 0 unspecified atom stereocenters. The molecule has 0 radical (unpaired) electrons. The minimum atomic E-state index is -0.354. The largest absolute Gasteiger partial charge is 0.350 e. The smallest absolute Gasteiger partial charge is 0.323 e. The lowest BCUT2D eigenvalue weighted by Crippen LogP contribution is -2.28. The van der Waals surface area contributed by atoms with E-state index in [1.165, 1.54) is 4.40 Å². The van der Waals surface area contributed by atoms with E-state index in [2.05, 4.69) is 15.5 Å². The molecule has 0 aliphatic carbocycles. The molecule has 4 aromatic rings. The van der Waals surface area contributed by atoms with Crippen LogP contribution in [0, 0.1) is 13.8 Å². The summed E-state index contributed by atoms with van der Waals surface area (Å²) in [7, 11) is 0. The second-order valence-corrected chi connectivity index (χ2v) is 6.27. The van der Waals surface area contributed by atoms with Crippen molar-refractivity contribution in [2.75, 3.05) is 5.32 Å². The zero-order valence-corrected chi connectivity index (χ0v) is 15.0. The Hall–Kier alpha value is -3.68. The Labute approximate surface area is 154 Å². The monoisotopic (exact) mass is 362 g/mol. The number of pyridine rings is 1. The van der Waals surface area contributed by atoms with Crippen molar-refractivity contribution in [3.63, 3.8) is 0 Å². The first-order valence-electron chi connectivity index (χ1n) is 8.49. The highest BCUT2D eigenvalue weighted by Crippen LogP contribution is 2.21. The van der Waals surface area contributed by atoms with Gasteiger partial charge in [0.1, 0.15) is 6.54 Å². The second kappa shape index (κ2) is 6.56. The first kappa shape index (κ1) is 16.8. The van der Waals surface area contributed by atoms with Gasteiger partial charge in [0, 0.05) is 11.9 Å². The van der Waals surface area contributed by atoms with Gasteiger partial charge in [0.15, 0.2) is 5.65 Å². The van der Waals surface area contributed by atoms with Gasteiger partial charge in [-0.25, -0.2) is 14.2 Å². The van der Waals surface area contributed by atoms with E-state index in [0.29, 0.717) is 11.3 Å². The van der Waals surface area contributed by atoms with Crippen molar-refractivity contribution in [1.82, 2.24) is 24.0 Å². The number of hydrogen-bond donors (Lipinski definition) is 1. The zero-order chi connectivity index (χ0) is 19.0. The van der Waals surface area contributed by atoms with E-state index in [-0.39, 0.29) is 18.1 Å². The topological polar surface area (TPSA) is 86.2 Å². The van der Waals surface area contributed by atoms with Gasteiger partial charge < -0.3 is 5.32 Å². The van der Waals surface area contributed by atoms with E-state index in [4.69, 9.17) is 0 Å². The number of amides is 1. The number of nitrogens with zero attached hydrogens (tertiary/aromatic N) is 5. The number of aryl methyl sites for hydroxylation is 2. The maximum atomic E-state index is 12.5. The van der Waals surface area contributed by atoms with Gasteiger partial charge in [-0.15, -0.1) is 5.10 Å². The summed E-state index contributed by atoms with van der Waals surface area (Å²) in [5.41, 5.74) is 3.38. The third-order valence-electron chi connectivity index (χ3n) is 4.20. The number of carbonyl (C=O) groups excluding carboxylic acids is 1. The van der Waals surface area contributed by atoms with Gasteiger partial charge in [0.25, 0.3) is 0 Å². The lowest BCUT2D eigenvalue weighted by atomic mass is 10.2. The van der Waals surface area contributed by atoms with Crippen LogP contribution >= 0.6 is 0 Å². The van der Waals surface area contributed by atoms with E-state index >= 15 is 0 Å². The molecule has 0 atom stereocenters. The van der Waals surface area contributed by atoms with Crippen LogP contribution in [0.4, 0.5) is 5.69 Å². The Bertz CT molecular complexity index is 1200. The predicted octanol–water partition coefficient (Wildman–Crippen LogP) is 1.94. The number of fused-ring (bicyclic) bond motifs is 1. The van der Waals surface area contributed by atoms with E-state index in [9.17, 15) is 9.59 Å². The zero-order valence-electron chi connectivity index (χ0n) is 15.0. The van der Waals surface area contributed by atoms with E-state index in [1.807, 2.05) is 38.1 Å². The molecule has 0 fully saturated rings. The Morgan fingerprint density at radius 1 is 1.07 bits per heavy atom. The molecule has 0 bridgehead atoms.